The van der Waals surface area contributed by atoms with Crippen LogP contribution in [0.5, 0.6) is 0 Å². The second-order valence-corrected chi connectivity index (χ2v) is 5.25. The van der Waals surface area contributed by atoms with Gasteiger partial charge < -0.3 is 16.2 Å². The zero-order valence-electron chi connectivity index (χ0n) is 11.0. The lowest BCUT2D eigenvalue weighted by atomic mass is 9.81. The van der Waals surface area contributed by atoms with Gasteiger partial charge in [0.1, 0.15) is 0 Å². The monoisotopic (exact) mass is 270 g/mol. The Morgan fingerprint density at radius 1 is 1.56 bits per heavy atom. The normalized spacial score (nSPS) is 13.3. The lowest BCUT2D eigenvalue weighted by molar-refractivity contribution is -0.131. The van der Waals surface area contributed by atoms with E-state index in [4.69, 9.17) is 5.73 Å². The SMILES string of the molecule is CCC(CC)(CN)C(=O)NCC(O)c1ccsc1. The highest BCUT2D eigenvalue weighted by atomic mass is 32.1. The summed E-state index contributed by atoms with van der Waals surface area (Å²) in [6, 6.07) is 1.86. The number of nitrogens with two attached hydrogens (primary N) is 1. The number of carbonyl (C=O) groups is 1. The maximum atomic E-state index is 12.1. The van der Waals surface area contributed by atoms with Crippen molar-refractivity contribution in [2.75, 3.05) is 13.1 Å². The van der Waals surface area contributed by atoms with Gasteiger partial charge in [0.15, 0.2) is 0 Å². The molecule has 1 heterocycles. The van der Waals surface area contributed by atoms with Crippen molar-refractivity contribution in [3.05, 3.63) is 22.4 Å². The van der Waals surface area contributed by atoms with Crippen LogP contribution in [-0.2, 0) is 4.79 Å². The Labute approximate surface area is 112 Å². The number of hydrogen-bond acceptors (Lipinski definition) is 4. The minimum absolute atomic E-state index is 0.0655. The second-order valence-electron chi connectivity index (χ2n) is 4.47. The van der Waals surface area contributed by atoms with Crippen molar-refractivity contribution in [1.82, 2.24) is 5.32 Å². The van der Waals surface area contributed by atoms with E-state index < -0.39 is 11.5 Å². The molecule has 0 spiro atoms. The Morgan fingerprint density at radius 3 is 2.67 bits per heavy atom. The van der Waals surface area contributed by atoms with Gasteiger partial charge in [0.05, 0.1) is 11.5 Å². The molecular weight excluding hydrogens is 248 g/mol. The average molecular weight is 270 g/mol. The van der Waals surface area contributed by atoms with Gasteiger partial charge in [-0.15, -0.1) is 0 Å². The van der Waals surface area contributed by atoms with Crippen LogP contribution in [0.4, 0.5) is 0 Å². The van der Waals surface area contributed by atoms with Crippen molar-refractivity contribution in [3.63, 3.8) is 0 Å². The number of amides is 1. The fraction of sp³-hybridized carbons (Fsp3) is 0.615. The molecular formula is C13H22N2O2S. The topological polar surface area (TPSA) is 75.4 Å². The maximum absolute atomic E-state index is 12.1. The van der Waals surface area contributed by atoms with E-state index in [2.05, 4.69) is 5.32 Å². The summed E-state index contributed by atoms with van der Waals surface area (Å²) in [5, 5.41) is 16.5. The van der Waals surface area contributed by atoms with Crippen LogP contribution in [0.2, 0.25) is 0 Å². The third-order valence-corrected chi connectivity index (χ3v) is 4.31. The molecule has 1 atom stereocenters. The van der Waals surface area contributed by atoms with E-state index in [0.717, 1.165) is 5.56 Å². The second kappa shape index (κ2) is 6.87. The summed E-state index contributed by atoms with van der Waals surface area (Å²) in [7, 11) is 0. The number of thiophene rings is 1. The van der Waals surface area contributed by atoms with Crippen LogP contribution in [0.25, 0.3) is 0 Å². The van der Waals surface area contributed by atoms with Crippen LogP contribution >= 0.6 is 11.3 Å². The highest BCUT2D eigenvalue weighted by Gasteiger charge is 2.33. The molecule has 0 saturated heterocycles. The van der Waals surface area contributed by atoms with Crippen LogP contribution < -0.4 is 11.1 Å². The number of nitrogens with one attached hydrogen (secondary N) is 1. The van der Waals surface area contributed by atoms with E-state index in [0.29, 0.717) is 19.4 Å². The quantitative estimate of drug-likeness (QED) is 0.705. The third-order valence-electron chi connectivity index (χ3n) is 3.61. The predicted octanol–water partition coefficient (Wildman–Crippen LogP) is 1.66. The van der Waals surface area contributed by atoms with E-state index in [9.17, 15) is 9.90 Å². The fourth-order valence-corrected chi connectivity index (χ4v) is 2.62. The summed E-state index contributed by atoms with van der Waals surface area (Å²) in [4.78, 5) is 12.1. The lowest BCUT2D eigenvalue weighted by Crippen LogP contribution is -2.46. The van der Waals surface area contributed by atoms with Crippen LogP contribution in [0.3, 0.4) is 0 Å². The molecule has 1 aromatic heterocycles. The molecule has 1 amide bonds. The molecule has 0 radical (unpaired) electrons. The number of aliphatic hydroxyl groups is 1. The van der Waals surface area contributed by atoms with Crippen LogP contribution in [0, 0.1) is 5.41 Å². The van der Waals surface area contributed by atoms with Gasteiger partial charge in [0, 0.05) is 13.1 Å². The largest absolute Gasteiger partial charge is 0.387 e. The molecule has 0 aliphatic rings. The molecule has 4 nitrogen and oxygen atoms in total. The first-order valence-electron chi connectivity index (χ1n) is 6.28. The molecule has 1 unspecified atom stereocenters. The summed E-state index contributed by atoms with van der Waals surface area (Å²) in [5.41, 5.74) is 6.04. The van der Waals surface area contributed by atoms with Gasteiger partial charge in [0.2, 0.25) is 5.91 Å². The summed E-state index contributed by atoms with van der Waals surface area (Å²) < 4.78 is 0. The zero-order valence-corrected chi connectivity index (χ0v) is 11.8. The summed E-state index contributed by atoms with van der Waals surface area (Å²) in [6.45, 7) is 4.49. The van der Waals surface area contributed by atoms with E-state index in [1.807, 2.05) is 30.7 Å². The molecule has 18 heavy (non-hydrogen) atoms. The van der Waals surface area contributed by atoms with E-state index >= 15 is 0 Å². The first-order chi connectivity index (χ1) is 8.59. The van der Waals surface area contributed by atoms with Gasteiger partial charge in [-0.25, -0.2) is 0 Å². The van der Waals surface area contributed by atoms with Gasteiger partial charge in [-0.2, -0.15) is 11.3 Å². The molecule has 1 rings (SSSR count). The van der Waals surface area contributed by atoms with E-state index in [1.54, 1.807) is 0 Å². The molecule has 0 aliphatic carbocycles. The van der Waals surface area contributed by atoms with Gasteiger partial charge in [-0.3, -0.25) is 4.79 Å². The minimum atomic E-state index is -0.649. The van der Waals surface area contributed by atoms with E-state index in [-0.39, 0.29) is 12.5 Å². The summed E-state index contributed by atoms with van der Waals surface area (Å²) >= 11 is 1.53. The van der Waals surface area contributed by atoms with Crippen molar-refractivity contribution < 1.29 is 9.90 Å². The Bertz CT molecular complexity index is 353. The molecule has 0 aliphatic heterocycles. The van der Waals surface area contributed by atoms with Gasteiger partial charge in [0.25, 0.3) is 0 Å². The van der Waals surface area contributed by atoms with Crippen LogP contribution in [0.15, 0.2) is 16.8 Å². The van der Waals surface area contributed by atoms with Gasteiger partial charge in [-0.1, -0.05) is 13.8 Å². The van der Waals surface area contributed by atoms with E-state index in [1.165, 1.54) is 11.3 Å². The molecule has 0 saturated carbocycles. The predicted molar refractivity (Wildman–Crippen MR) is 74.4 cm³/mol. The lowest BCUT2D eigenvalue weighted by Gasteiger charge is -2.29. The Kier molecular flexibility index (Phi) is 5.78. The minimum Gasteiger partial charge on any atom is -0.387 e. The molecule has 0 bridgehead atoms. The number of aliphatic hydroxyl groups excluding tert-OH is 1. The van der Waals surface area contributed by atoms with Crippen LogP contribution in [-0.4, -0.2) is 24.1 Å². The van der Waals surface area contributed by atoms with Gasteiger partial charge in [-0.05, 0) is 35.2 Å². The Balaban J connectivity index is 2.55. The van der Waals surface area contributed by atoms with Crippen molar-refractivity contribution in [1.29, 1.82) is 0 Å². The van der Waals surface area contributed by atoms with Crippen molar-refractivity contribution in [2.45, 2.75) is 32.8 Å². The van der Waals surface area contributed by atoms with Gasteiger partial charge >= 0.3 is 0 Å². The average Bonchev–Trinajstić information content (AvgIpc) is 2.92. The Morgan fingerprint density at radius 2 is 2.22 bits per heavy atom. The number of carbonyl (C=O) groups excluding carboxylic acids is 1. The summed E-state index contributed by atoms with van der Waals surface area (Å²) in [5.74, 6) is -0.0655. The molecule has 0 fully saturated rings. The molecule has 5 heteroatoms. The molecule has 0 aromatic carbocycles. The first kappa shape index (κ1) is 15.1. The number of rotatable bonds is 7. The van der Waals surface area contributed by atoms with Crippen LogP contribution in [0.1, 0.15) is 38.4 Å². The Hall–Kier alpha value is -0.910. The zero-order chi connectivity index (χ0) is 13.6. The van der Waals surface area contributed by atoms with Crippen molar-refractivity contribution in [2.24, 2.45) is 11.1 Å². The first-order valence-corrected chi connectivity index (χ1v) is 7.22. The fourth-order valence-electron chi connectivity index (χ4n) is 1.91. The molecule has 1 aromatic rings. The standard InChI is InChI=1S/C13H22N2O2S/c1-3-13(4-2,9-14)12(17)15-7-11(16)10-5-6-18-8-10/h5-6,8,11,16H,3-4,7,9,14H2,1-2H3,(H,15,17). The van der Waals surface area contributed by atoms with Crippen molar-refractivity contribution >= 4 is 17.2 Å². The third kappa shape index (κ3) is 3.31. The highest BCUT2D eigenvalue weighted by Crippen LogP contribution is 2.25. The summed E-state index contributed by atoms with van der Waals surface area (Å²) in [6.07, 6.45) is 0.769. The van der Waals surface area contributed by atoms with Crippen molar-refractivity contribution in [3.8, 4) is 0 Å². The highest BCUT2D eigenvalue weighted by molar-refractivity contribution is 7.07. The maximum Gasteiger partial charge on any atom is 0.227 e. The smallest absolute Gasteiger partial charge is 0.227 e. The number of hydrogen-bond donors (Lipinski definition) is 3. The molecule has 4 N–H and O–H groups in total. The molecule has 102 valence electrons.